The lowest BCUT2D eigenvalue weighted by atomic mass is 10.1. The van der Waals surface area contributed by atoms with Crippen LogP contribution in [-0.2, 0) is 0 Å². The van der Waals surface area contributed by atoms with Crippen LogP contribution in [0.1, 0.15) is 10.4 Å². The van der Waals surface area contributed by atoms with Crippen molar-refractivity contribution in [1.82, 2.24) is 0 Å². The molecule has 0 N–H and O–H groups in total. The van der Waals surface area contributed by atoms with Gasteiger partial charge in [0, 0.05) is 18.3 Å². The number of hydrogen-bond acceptors (Lipinski definition) is 3. The monoisotopic (exact) mass is 273 g/mol. The van der Waals surface area contributed by atoms with E-state index in [-0.39, 0.29) is 18.1 Å². The Kier molecular flexibility index (Phi) is 4.35. The van der Waals surface area contributed by atoms with E-state index < -0.39 is 0 Å². The lowest BCUT2D eigenvalue weighted by molar-refractivity contribution is 0.1000. The first-order valence-electron chi connectivity index (χ1n) is 6.24. The molecule has 2 aromatic rings. The highest BCUT2D eigenvalue weighted by molar-refractivity contribution is 5.99. The van der Waals surface area contributed by atoms with Gasteiger partial charge in [0.05, 0.1) is 13.7 Å². The summed E-state index contributed by atoms with van der Waals surface area (Å²) in [6.45, 7) is 0.221. The zero-order chi connectivity index (χ0) is 14.5. The second-order valence-electron chi connectivity index (χ2n) is 4.49. The number of nitrogens with zero attached hydrogens (tertiary/aromatic N) is 1. The summed E-state index contributed by atoms with van der Waals surface area (Å²) in [5.74, 6) is 0.345. The summed E-state index contributed by atoms with van der Waals surface area (Å²) in [5, 5.41) is 0. The van der Waals surface area contributed by atoms with E-state index in [4.69, 9.17) is 4.74 Å². The Labute approximate surface area is 117 Å². The maximum atomic E-state index is 12.9. The molecule has 0 aliphatic heterocycles. The van der Waals surface area contributed by atoms with Crippen molar-refractivity contribution in [2.75, 3.05) is 25.6 Å². The number of ketones is 1. The van der Waals surface area contributed by atoms with E-state index in [1.54, 1.807) is 55.5 Å². The number of anilines is 1. The number of carbonyl (C=O) groups is 1. The number of halogens is 1. The molecule has 20 heavy (non-hydrogen) atoms. The van der Waals surface area contributed by atoms with Crippen LogP contribution in [0.2, 0.25) is 0 Å². The number of Topliss-reactive ketones (excluding diaryl/α,β-unsaturated/α-hetero) is 1. The Morgan fingerprint density at radius 1 is 1.20 bits per heavy atom. The summed E-state index contributed by atoms with van der Waals surface area (Å²) >= 11 is 0. The third kappa shape index (κ3) is 3.35. The van der Waals surface area contributed by atoms with Crippen molar-refractivity contribution < 1.29 is 13.9 Å². The minimum atomic E-state index is -0.290. The number of ether oxygens (including phenoxy) is 1. The van der Waals surface area contributed by atoms with Crippen LogP contribution in [0, 0.1) is 5.82 Å². The Morgan fingerprint density at radius 3 is 2.55 bits per heavy atom. The largest absolute Gasteiger partial charge is 0.497 e. The Morgan fingerprint density at radius 2 is 1.90 bits per heavy atom. The summed E-state index contributed by atoms with van der Waals surface area (Å²) in [4.78, 5) is 14.0. The second-order valence-corrected chi connectivity index (χ2v) is 4.49. The van der Waals surface area contributed by atoms with Crippen LogP contribution in [0.4, 0.5) is 10.1 Å². The highest BCUT2D eigenvalue weighted by atomic mass is 19.1. The van der Waals surface area contributed by atoms with Crippen molar-refractivity contribution in [3.63, 3.8) is 0 Å². The standard InChI is InChI=1S/C16H16FNO2/c1-18(14-8-6-13(17)7-9-14)11-16(19)12-4-3-5-15(10-12)20-2/h3-10H,11H2,1-2H3. The van der Waals surface area contributed by atoms with Crippen LogP contribution in [0.3, 0.4) is 0 Å². The lowest BCUT2D eigenvalue weighted by Gasteiger charge is -2.18. The molecule has 0 spiro atoms. The van der Waals surface area contributed by atoms with E-state index in [1.165, 1.54) is 12.1 Å². The first kappa shape index (κ1) is 14.1. The average molecular weight is 273 g/mol. The number of rotatable bonds is 5. The highest BCUT2D eigenvalue weighted by Gasteiger charge is 2.10. The number of methoxy groups -OCH3 is 1. The zero-order valence-corrected chi connectivity index (χ0v) is 11.5. The van der Waals surface area contributed by atoms with Gasteiger partial charge >= 0.3 is 0 Å². The van der Waals surface area contributed by atoms with Gasteiger partial charge in [-0.25, -0.2) is 4.39 Å². The fourth-order valence-electron chi connectivity index (χ4n) is 1.89. The van der Waals surface area contributed by atoms with Gasteiger partial charge in [-0.1, -0.05) is 12.1 Å². The van der Waals surface area contributed by atoms with Crippen LogP contribution < -0.4 is 9.64 Å². The Hall–Kier alpha value is -2.36. The molecule has 0 saturated heterocycles. The molecule has 0 aliphatic carbocycles. The highest BCUT2D eigenvalue weighted by Crippen LogP contribution is 2.16. The van der Waals surface area contributed by atoms with E-state index in [9.17, 15) is 9.18 Å². The molecule has 0 heterocycles. The minimum absolute atomic E-state index is 0.0178. The summed E-state index contributed by atoms with van der Waals surface area (Å²) in [6.07, 6.45) is 0. The van der Waals surface area contributed by atoms with Gasteiger partial charge in [-0.3, -0.25) is 4.79 Å². The predicted molar refractivity (Wildman–Crippen MR) is 77.0 cm³/mol. The second kappa shape index (κ2) is 6.19. The van der Waals surface area contributed by atoms with Gasteiger partial charge in [-0.05, 0) is 36.4 Å². The molecule has 0 saturated carbocycles. The fourth-order valence-corrected chi connectivity index (χ4v) is 1.89. The van der Waals surface area contributed by atoms with E-state index in [0.29, 0.717) is 11.3 Å². The minimum Gasteiger partial charge on any atom is -0.497 e. The van der Waals surface area contributed by atoms with Gasteiger partial charge in [0.25, 0.3) is 0 Å². The van der Waals surface area contributed by atoms with Gasteiger partial charge in [0.2, 0.25) is 0 Å². The van der Waals surface area contributed by atoms with Gasteiger partial charge in [-0.2, -0.15) is 0 Å². The van der Waals surface area contributed by atoms with Gasteiger partial charge in [0.15, 0.2) is 5.78 Å². The van der Waals surface area contributed by atoms with Crippen LogP contribution >= 0.6 is 0 Å². The Bertz CT molecular complexity index is 596. The van der Waals surface area contributed by atoms with Crippen molar-refractivity contribution >= 4 is 11.5 Å². The van der Waals surface area contributed by atoms with Crippen LogP contribution in [-0.4, -0.2) is 26.5 Å². The van der Waals surface area contributed by atoms with Gasteiger partial charge < -0.3 is 9.64 Å². The molecular weight excluding hydrogens is 257 g/mol. The molecule has 0 unspecified atom stereocenters. The van der Waals surface area contributed by atoms with Crippen LogP contribution in [0.25, 0.3) is 0 Å². The molecule has 2 aromatic carbocycles. The average Bonchev–Trinajstić information content (AvgIpc) is 2.47. The maximum Gasteiger partial charge on any atom is 0.182 e. The molecule has 4 heteroatoms. The van der Waals surface area contributed by atoms with Crippen LogP contribution in [0.5, 0.6) is 5.75 Å². The Balaban J connectivity index is 2.08. The quantitative estimate of drug-likeness (QED) is 0.784. The lowest BCUT2D eigenvalue weighted by Crippen LogP contribution is -2.25. The molecule has 2 rings (SSSR count). The third-order valence-electron chi connectivity index (χ3n) is 3.04. The fraction of sp³-hybridized carbons (Fsp3) is 0.188. The van der Waals surface area contributed by atoms with E-state index in [1.807, 2.05) is 0 Å². The number of hydrogen-bond donors (Lipinski definition) is 0. The molecule has 0 fully saturated rings. The topological polar surface area (TPSA) is 29.5 Å². The molecule has 0 radical (unpaired) electrons. The van der Waals surface area contributed by atoms with E-state index >= 15 is 0 Å². The van der Waals surface area contributed by atoms with Gasteiger partial charge in [0.1, 0.15) is 11.6 Å². The molecule has 0 aliphatic rings. The van der Waals surface area contributed by atoms with Crippen molar-refractivity contribution in [3.05, 3.63) is 59.9 Å². The SMILES string of the molecule is COc1cccc(C(=O)CN(C)c2ccc(F)cc2)c1. The summed E-state index contributed by atoms with van der Waals surface area (Å²) in [6, 6.07) is 13.1. The van der Waals surface area contributed by atoms with Crippen molar-refractivity contribution in [3.8, 4) is 5.75 Å². The van der Waals surface area contributed by atoms with E-state index in [0.717, 1.165) is 5.69 Å². The van der Waals surface area contributed by atoms with Crippen molar-refractivity contribution in [2.45, 2.75) is 0 Å². The number of likely N-dealkylation sites (N-methyl/N-ethyl adjacent to an activating group) is 1. The molecule has 0 atom stereocenters. The molecule has 104 valence electrons. The summed E-state index contributed by atoms with van der Waals surface area (Å²) in [7, 11) is 3.36. The molecule has 0 aromatic heterocycles. The van der Waals surface area contributed by atoms with E-state index in [2.05, 4.69) is 0 Å². The zero-order valence-electron chi connectivity index (χ0n) is 11.5. The molecular formula is C16H16FNO2. The maximum absolute atomic E-state index is 12.9. The molecule has 3 nitrogen and oxygen atoms in total. The third-order valence-corrected chi connectivity index (χ3v) is 3.04. The number of benzene rings is 2. The molecule has 0 amide bonds. The summed E-state index contributed by atoms with van der Waals surface area (Å²) in [5.41, 5.74) is 1.39. The van der Waals surface area contributed by atoms with Gasteiger partial charge in [-0.15, -0.1) is 0 Å². The smallest absolute Gasteiger partial charge is 0.182 e. The van der Waals surface area contributed by atoms with Crippen LogP contribution in [0.15, 0.2) is 48.5 Å². The predicted octanol–water partition coefficient (Wildman–Crippen LogP) is 3.15. The first-order valence-corrected chi connectivity index (χ1v) is 6.24. The normalized spacial score (nSPS) is 10.2. The molecule has 0 bridgehead atoms. The summed E-state index contributed by atoms with van der Waals surface area (Å²) < 4.78 is 18.0. The van der Waals surface area contributed by atoms with Crippen molar-refractivity contribution in [1.29, 1.82) is 0 Å². The number of carbonyl (C=O) groups excluding carboxylic acids is 1. The van der Waals surface area contributed by atoms with Crippen molar-refractivity contribution in [2.24, 2.45) is 0 Å². The first-order chi connectivity index (χ1) is 9.60.